The monoisotopic (exact) mass is 514 g/mol. The normalized spacial score (nSPS) is 26.3. The Morgan fingerprint density at radius 1 is 1.11 bits per heavy atom. The lowest BCUT2D eigenvalue weighted by molar-refractivity contribution is -0.242. The summed E-state index contributed by atoms with van der Waals surface area (Å²) in [6.45, 7) is 0.00877. The summed E-state index contributed by atoms with van der Waals surface area (Å²) in [6.07, 6.45) is -0.957. The number of ether oxygens (including phenoxy) is 2. The molecule has 5 atom stereocenters. The molecular weight excluding hydrogens is 484 g/mol. The summed E-state index contributed by atoms with van der Waals surface area (Å²) in [7, 11) is 1.29. The van der Waals surface area contributed by atoms with Crippen molar-refractivity contribution < 1.29 is 29.6 Å². The molecule has 3 aromatic rings. The van der Waals surface area contributed by atoms with Crippen molar-refractivity contribution in [3.05, 3.63) is 70.4 Å². The topological polar surface area (TPSA) is 113 Å². The van der Waals surface area contributed by atoms with Crippen LogP contribution in [0.1, 0.15) is 41.7 Å². The molecule has 1 aliphatic carbocycles. The van der Waals surface area contributed by atoms with Crippen LogP contribution < -0.4 is 5.32 Å². The number of carbonyl (C=O) groups is 1. The second-order valence-electron chi connectivity index (χ2n) is 9.63. The summed E-state index contributed by atoms with van der Waals surface area (Å²) in [4.78, 5) is 11.4. The molecule has 0 amide bonds. The fourth-order valence-corrected chi connectivity index (χ4v) is 5.25. The quantitative estimate of drug-likeness (QED) is 0.342. The van der Waals surface area contributed by atoms with E-state index in [9.17, 15) is 20.1 Å². The van der Waals surface area contributed by atoms with Crippen LogP contribution in [0.25, 0.3) is 10.9 Å². The van der Waals surface area contributed by atoms with E-state index in [1.165, 1.54) is 25.5 Å². The number of hydrogen-bond acceptors (Lipinski definition) is 7. The van der Waals surface area contributed by atoms with Crippen LogP contribution in [0.15, 0.2) is 48.7 Å². The van der Waals surface area contributed by atoms with Gasteiger partial charge in [-0.2, -0.15) is 0 Å². The predicted octanol–water partition coefficient (Wildman–Crippen LogP) is 2.51. The maximum atomic E-state index is 11.4. The van der Waals surface area contributed by atoms with E-state index < -0.39 is 36.6 Å². The second-order valence-corrected chi connectivity index (χ2v) is 10.0. The van der Waals surface area contributed by atoms with Crippen molar-refractivity contribution in [2.24, 2.45) is 0 Å². The summed E-state index contributed by atoms with van der Waals surface area (Å²) < 4.78 is 12.5. The number of aliphatic hydroxyl groups excluding tert-OH is 3. The van der Waals surface area contributed by atoms with E-state index in [0.717, 1.165) is 22.0 Å². The number of halogens is 1. The van der Waals surface area contributed by atoms with Gasteiger partial charge >= 0.3 is 5.97 Å². The predicted molar refractivity (Wildman–Crippen MR) is 135 cm³/mol. The van der Waals surface area contributed by atoms with Crippen LogP contribution >= 0.6 is 11.6 Å². The first kappa shape index (κ1) is 25.2. The van der Waals surface area contributed by atoms with Crippen molar-refractivity contribution in [3.63, 3.8) is 0 Å². The Morgan fingerprint density at radius 2 is 1.86 bits per heavy atom. The number of aromatic nitrogens is 1. The van der Waals surface area contributed by atoms with Crippen LogP contribution in [0, 0.1) is 0 Å². The van der Waals surface area contributed by atoms with Crippen LogP contribution in [0.2, 0.25) is 5.02 Å². The molecule has 9 heteroatoms. The highest BCUT2D eigenvalue weighted by atomic mass is 35.5. The summed E-state index contributed by atoms with van der Waals surface area (Å²) in [6, 6.07) is 14.2. The van der Waals surface area contributed by atoms with Gasteiger partial charge in [-0.15, -0.1) is 0 Å². The zero-order valence-electron chi connectivity index (χ0n) is 20.0. The van der Waals surface area contributed by atoms with Crippen molar-refractivity contribution in [1.29, 1.82) is 0 Å². The van der Waals surface area contributed by atoms with Crippen molar-refractivity contribution >= 4 is 28.5 Å². The Morgan fingerprint density at radius 3 is 2.56 bits per heavy atom. The third kappa shape index (κ3) is 5.02. The Labute approximate surface area is 214 Å². The van der Waals surface area contributed by atoms with Crippen LogP contribution in [0.4, 0.5) is 0 Å². The molecule has 0 spiro atoms. The summed E-state index contributed by atoms with van der Waals surface area (Å²) in [5.41, 5.74) is 4.23. The standard InChI is InChI=1S/C27H31ClN2O6/c1-35-22(31)13-29-12-21-24(32)25(33)26(34)27(36-21)30-14-18(23-19(28)3-2-4-20(23)30)11-15-5-7-16(8-6-15)17-9-10-17/h2-8,14,17,21,24-27,29,32-34H,9-13H2,1H3/t21-,24-,25+,26-,27-/m1/s1. The SMILES string of the molecule is COC(=O)CNC[C@H]1O[C@@H](n2cc(Cc3ccc(C4CC4)cc3)c3c(Cl)cccc32)[C@H](O)[C@@H](O)[C@@H]1O. The molecule has 2 aromatic carbocycles. The number of fused-ring (bicyclic) bond motifs is 1. The van der Waals surface area contributed by atoms with E-state index in [1.54, 1.807) is 4.57 Å². The number of methoxy groups -OCH3 is 1. The molecule has 1 aliphatic heterocycles. The molecule has 2 aliphatic rings. The maximum absolute atomic E-state index is 11.4. The Bertz CT molecular complexity index is 1220. The van der Waals surface area contributed by atoms with E-state index in [1.807, 2.05) is 24.4 Å². The van der Waals surface area contributed by atoms with Gasteiger partial charge in [-0.1, -0.05) is 41.9 Å². The maximum Gasteiger partial charge on any atom is 0.319 e. The molecule has 36 heavy (non-hydrogen) atoms. The van der Waals surface area contributed by atoms with Crippen LogP contribution in [0.5, 0.6) is 0 Å². The molecule has 1 saturated carbocycles. The molecule has 4 N–H and O–H groups in total. The zero-order chi connectivity index (χ0) is 25.4. The lowest BCUT2D eigenvalue weighted by atomic mass is 9.97. The fourth-order valence-electron chi connectivity index (χ4n) is 4.95. The zero-order valence-corrected chi connectivity index (χ0v) is 20.8. The minimum Gasteiger partial charge on any atom is -0.468 e. The van der Waals surface area contributed by atoms with E-state index >= 15 is 0 Å². The molecular formula is C27H31ClN2O6. The summed E-state index contributed by atoms with van der Waals surface area (Å²) in [5.74, 6) is 0.232. The summed E-state index contributed by atoms with van der Waals surface area (Å²) in [5, 5.41) is 36.3. The minimum atomic E-state index is -1.44. The van der Waals surface area contributed by atoms with E-state index in [4.69, 9.17) is 16.3 Å². The van der Waals surface area contributed by atoms with Gasteiger partial charge in [0.2, 0.25) is 0 Å². The first-order chi connectivity index (χ1) is 17.4. The largest absolute Gasteiger partial charge is 0.468 e. The van der Waals surface area contributed by atoms with Crippen LogP contribution in [0.3, 0.4) is 0 Å². The van der Waals surface area contributed by atoms with E-state index in [0.29, 0.717) is 17.4 Å². The van der Waals surface area contributed by atoms with Gasteiger partial charge in [0, 0.05) is 18.1 Å². The van der Waals surface area contributed by atoms with Crippen LogP contribution in [-0.4, -0.2) is 70.5 Å². The van der Waals surface area contributed by atoms with Gasteiger partial charge in [0.05, 0.1) is 24.2 Å². The number of hydrogen-bond donors (Lipinski definition) is 4. The number of rotatable bonds is 8. The molecule has 1 aromatic heterocycles. The van der Waals surface area contributed by atoms with Gasteiger partial charge in [0.25, 0.3) is 0 Å². The van der Waals surface area contributed by atoms with Crippen LogP contribution in [-0.2, 0) is 20.7 Å². The van der Waals surface area contributed by atoms with Gasteiger partial charge in [-0.25, -0.2) is 0 Å². The minimum absolute atomic E-state index is 0.0713. The molecule has 0 unspecified atom stereocenters. The number of nitrogens with one attached hydrogen (secondary N) is 1. The molecule has 5 rings (SSSR count). The number of benzene rings is 2. The first-order valence-electron chi connectivity index (χ1n) is 12.2. The Hall–Kier alpha value is -2.46. The average molecular weight is 515 g/mol. The van der Waals surface area contributed by atoms with Crippen molar-refractivity contribution in [3.8, 4) is 0 Å². The number of esters is 1. The fraction of sp³-hybridized carbons (Fsp3) is 0.444. The lowest BCUT2D eigenvalue weighted by Gasteiger charge is -2.41. The molecule has 8 nitrogen and oxygen atoms in total. The highest BCUT2D eigenvalue weighted by Crippen LogP contribution is 2.40. The number of carbonyl (C=O) groups excluding carboxylic acids is 1. The molecule has 2 fully saturated rings. The smallest absolute Gasteiger partial charge is 0.319 e. The average Bonchev–Trinajstić information content (AvgIpc) is 3.67. The molecule has 1 saturated heterocycles. The highest BCUT2D eigenvalue weighted by molar-refractivity contribution is 6.35. The first-order valence-corrected chi connectivity index (χ1v) is 12.6. The molecule has 2 heterocycles. The highest BCUT2D eigenvalue weighted by Gasteiger charge is 2.44. The van der Waals surface area contributed by atoms with E-state index in [-0.39, 0.29) is 13.1 Å². The van der Waals surface area contributed by atoms with Crippen molar-refractivity contribution in [2.45, 2.75) is 55.8 Å². The molecule has 0 bridgehead atoms. The molecule has 0 radical (unpaired) electrons. The van der Waals surface area contributed by atoms with Gasteiger partial charge < -0.3 is 34.7 Å². The van der Waals surface area contributed by atoms with Gasteiger partial charge in [0.15, 0.2) is 6.23 Å². The van der Waals surface area contributed by atoms with Gasteiger partial charge in [0.1, 0.15) is 24.4 Å². The Kier molecular flexibility index (Phi) is 7.35. The molecule has 192 valence electrons. The van der Waals surface area contributed by atoms with E-state index in [2.05, 4.69) is 34.3 Å². The number of aliphatic hydroxyl groups is 3. The third-order valence-electron chi connectivity index (χ3n) is 7.11. The Balaban J connectivity index is 1.43. The van der Waals surface area contributed by atoms with Gasteiger partial charge in [-0.05, 0) is 54.0 Å². The van der Waals surface area contributed by atoms with Gasteiger partial charge in [-0.3, -0.25) is 4.79 Å². The van der Waals surface area contributed by atoms with Crippen molar-refractivity contribution in [2.75, 3.05) is 20.2 Å². The number of nitrogens with zero attached hydrogens (tertiary/aromatic N) is 1. The summed E-state index contributed by atoms with van der Waals surface area (Å²) >= 11 is 6.62. The lowest BCUT2D eigenvalue weighted by Crippen LogP contribution is -2.58. The van der Waals surface area contributed by atoms with Crippen molar-refractivity contribution in [1.82, 2.24) is 9.88 Å². The third-order valence-corrected chi connectivity index (χ3v) is 7.43. The second kappa shape index (κ2) is 10.5.